The molecule has 8 bridgehead atoms. The minimum atomic E-state index is 0.332. The molecule has 0 amide bonds. The summed E-state index contributed by atoms with van der Waals surface area (Å²) in [4.78, 5) is 9.53. The molecule has 8 aliphatic carbocycles. The number of hydrogen-bond donors (Lipinski definition) is 0. The molecule has 8 fully saturated rings. The number of anilines is 12. The fraction of sp³-hybridized carbons (Fsp3) is 0.172. The van der Waals surface area contributed by atoms with E-state index in [2.05, 4.69) is 481 Å². The van der Waals surface area contributed by atoms with Gasteiger partial charge in [-0.15, -0.1) is 0 Å². The van der Waals surface area contributed by atoms with Gasteiger partial charge in [0.2, 0.25) is 0 Å². The predicted molar refractivity (Wildman–Crippen MR) is 560 cm³/mol. The molecule has 8 saturated carbocycles. The largest absolute Gasteiger partial charge is 0.311 e. The zero-order chi connectivity index (χ0) is 88.5. The second-order valence-electron chi connectivity index (χ2n) is 39.4. The Kier molecular flexibility index (Phi) is 21.1. The van der Waals surface area contributed by atoms with Crippen LogP contribution in [-0.2, 0) is 10.8 Å². The van der Waals surface area contributed by atoms with Crippen LogP contribution in [0.3, 0.4) is 0 Å². The summed E-state index contributed by atoms with van der Waals surface area (Å²) >= 11 is 0. The number of fused-ring (bicyclic) bond motifs is 4. The molecule has 18 aromatic carbocycles. The lowest BCUT2D eigenvalue weighted by atomic mass is 9.47. The summed E-state index contributed by atoms with van der Waals surface area (Å²) in [5, 5.41) is 5.32. The van der Waals surface area contributed by atoms with Crippen molar-refractivity contribution >= 4 is 101 Å². The van der Waals surface area contributed by atoms with Gasteiger partial charge in [-0.05, 0) is 373 Å². The quantitative estimate of drug-likeness (QED) is 0.0756. The topological polar surface area (TPSA) is 17.9 Å². The van der Waals surface area contributed by atoms with E-state index < -0.39 is 0 Å². The van der Waals surface area contributed by atoms with Crippen molar-refractivity contribution in [3.8, 4) is 61.3 Å². The summed E-state index contributed by atoms with van der Waals surface area (Å²) < 4.78 is 2.38. The maximum atomic E-state index is 2.52. The third-order valence-electron chi connectivity index (χ3n) is 30.9. The van der Waals surface area contributed by atoms with Crippen LogP contribution in [0, 0.1) is 49.4 Å². The number of aromatic nitrogens is 1. The lowest BCUT2D eigenvalue weighted by Crippen LogP contribution is -2.48. The van der Waals surface area contributed by atoms with Gasteiger partial charge in [-0.1, -0.05) is 290 Å². The van der Waals surface area contributed by atoms with Gasteiger partial charge in [0, 0.05) is 84.4 Å². The Bertz CT molecular complexity index is 7210. The molecule has 5 heteroatoms. The second-order valence-corrected chi connectivity index (χ2v) is 39.4. The van der Waals surface area contributed by atoms with Crippen LogP contribution < -0.4 is 19.6 Å². The number of benzene rings is 18. The third-order valence-corrected chi connectivity index (χ3v) is 30.9. The molecule has 0 radical (unpaired) electrons. The first-order chi connectivity index (χ1) is 65.5. The molecule has 0 N–H and O–H groups in total. The number of aryl methyl sites for hydroxylation is 2. The van der Waals surface area contributed by atoms with Crippen molar-refractivity contribution in [1.82, 2.24) is 4.57 Å². The summed E-state index contributed by atoms with van der Waals surface area (Å²) in [5.41, 5.74) is 35.8. The van der Waals surface area contributed by atoms with E-state index in [1.807, 2.05) is 0 Å². The van der Waals surface area contributed by atoms with Crippen molar-refractivity contribution in [2.45, 2.75) is 102 Å². The van der Waals surface area contributed by atoms with E-state index in [0.29, 0.717) is 10.8 Å². The molecule has 27 rings (SSSR count). The number of rotatable bonds is 20. The van der Waals surface area contributed by atoms with Crippen molar-refractivity contribution in [2.75, 3.05) is 19.6 Å². The highest BCUT2D eigenvalue weighted by atomic mass is 15.2. The van der Waals surface area contributed by atoms with Crippen LogP contribution in [0.2, 0.25) is 0 Å². The van der Waals surface area contributed by atoms with Crippen molar-refractivity contribution in [2.24, 2.45) is 35.5 Å². The van der Waals surface area contributed by atoms with Gasteiger partial charge in [-0.2, -0.15) is 0 Å². The van der Waals surface area contributed by atoms with Gasteiger partial charge >= 0.3 is 0 Å². The number of para-hydroxylation sites is 4. The normalized spacial score (nSPS) is 19.5. The first kappa shape index (κ1) is 81.5. The van der Waals surface area contributed by atoms with E-state index in [4.69, 9.17) is 0 Å². The van der Waals surface area contributed by atoms with Crippen LogP contribution in [0.25, 0.3) is 93.9 Å². The summed E-state index contributed by atoms with van der Waals surface area (Å²) in [6, 6.07) is 163. The Morgan fingerprint density at radius 3 is 0.880 bits per heavy atom. The van der Waals surface area contributed by atoms with Crippen molar-refractivity contribution in [3.63, 3.8) is 0 Å². The van der Waals surface area contributed by atoms with Crippen LogP contribution in [0.15, 0.2) is 443 Å². The van der Waals surface area contributed by atoms with Gasteiger partial charge < -0.3 is 24.2 Å². The van der Waals surface area contributed by atoms with Crippen LogP contribution in [0.5, 0.6) is 0 Å². The van der Waals surface area contributed by atoms with Crippen LogP contribution in [-0.4, -0.2) is 4.57 Å². The highest BCUT2D eigenvalue weighted by Gasteiger charge is 2.53. The molecule has 1 aromatic heterocycles. The number of nitrogens with zero attached hydrogens (tertiary/aromatic N) is 5. The molecule has 133 heavy (non-hydrogen) atoms. The average molecular weight is 1720 g/mol. The van der Waals surface area contributed by atoms with Gasteiger partial charge in [0.15, 0.2) is 0 Å². The zero-order valence-corrected chi connectivity index (χ0v) is 75.8. The fourth-order valence-corrected chi connectivity index (χ4v) is 25.4. The lowest BCUT2D eigenvalue weighted by molar-refractivity contribution is -0.00520. The minimum absolute atomic E-state index is 0.332. The maximum absolute atomic E-state index is 2.52. The molecule has 0 spiro atoms. The summed E-state index contributed by atoms with van der Waals surface area (Å²) in [6.45, 7) is 4.28. The van der Waals surface area contributed by atoms with Crippen molar-refractivity contribution in [3.05, 3.63) is 465 Å². The summed E-state index contributed by atoms with van der Waals surface area (Å²) in [6.07, 6.45) is 17.2. The van der Waals surface area contributed by atoms with Gasteiger partial charge in [-0.25, -0.2) is 0 Å². The zero-order valence-electron chi connectivity index (χ0n) is 75.8. The predicted octanol–water partition coefficient (Wildman–Crippen LogP) is 35.4. The highest BCUT2D eigenvalue weighted by Crippen LogP contribution is 2.64. The van der Waals surface area contributed by atoms with Crippen LogP contribution in [0.1, 0.15) is 99.3 Å². The Balaban J connectivity index is 0.000000146. The van der Waals surface area contributed by atoms with Gasteiger partial charge in [0.05, 0.1) is 16.7 Å². The molecule has 0 saturated heterocycles. The average Bonchev–Trinajstić information content (AvgIpc) is 1.51. The minimum Gasteiger partial charge on any atom is -0.311 e. The van der Waals surface area contributed by atoms with Crippen molar-refractivity contribution in [1.29, 1.82) is 0 Å². The second kappa shape index (κ2) is 34.5. The van der Waals surface area contributed by atoms with Gasteiger partial charge in [-0.3, -0.25) is 0 Å². The standard InChI is InChI=1S/C66H58N2.C62H51N3/c1-46-11-29-60(30-12-46)68(61-31-13-47(2)14-32-61)65-10-6-9-58(42-65)57-17-15-52(16-18-57)55-23-35-63(36-24-55)67(62-33-21-54(22-34-62)51-7-4-3-5-8-51)64-37-25-56(26-38-64)53-19-27-59(28-20-53)66-43-48-39-49(44-66)41-50(40-48)45-66;1-3-13-48(14-4-1)63(51-31-33-53(34-32-51)65-59-21-11-9-19-56(59)57-20-10-12-22-60(57)65)50-27-23-46(24-28-50)47-25-29-52(30-26-47)64(49-15-5-2-6-16-49)61-36-35-58(54-17-7-8-18-55(54)61)62-40-43-37-44(41-62)39-45(38-43)42-62/h3-38,42,48-50H,39-41,43-45H2,1-2H3;1-36,43-45H,37-42H2. The Morgan fingerprint density at radius 1 is 0.203 bits per heavy atom. The maximum Gasteiger partial charge on any atom is 0.0541 e. The van der Waals surface area contributed by atoms with E-state index >= 15 is 0 Å². The first-order valence-electron chi connectivity index (χ1n) is 48.5. The van der Waals surface area contributed by atoms with E-state index in [-0.39, 0.29) is 0 Å². The smallest absolute Gasteiger partial charge is 0.0541 e. The lowest BCUT2D eigenvalue weighted by Gasteiger charge is -2.57. The molecule has 646 valence electrons. The number of hydrogen-bond acceptors (Lipinski definition) is 4. The summed E-state index contributed by atoms with van der Waals surface area (Å²) in [7, 11) is 0. The molecule has 0 unspecified atom stereocenters. The fourth-order valence-electron chi connectivity index (χ4n) is 25.4. The highest BCUT2D eigenvalue weighted by molar-refractivity contribution is 6.09. The Morgan fingerprint density at radius 2 is 0.474 bits per heavy atom. The Labute approximate surface area is 783 Å². The molecule has 0 atom stereocenters. The SMILES string of the molecule is Cc1ccc(N(c2ccc(C)cc2)c2cccc(-c3ccc(-c4ccc(N(c5ccc(-c6ccccc6)cc5)c5ccc(-c6ccc(C78CC9CC(CC(C9)C7)C8)cc6)cc5)cc4)cc3)c2)cc1.c1ccc(N(c2ccc(-c3ccc(N(c4ccccc4)c4ccc(C56CC7CC(CC(C7)C5)C6)c5ccccc45)cc3)cc2)c2ccc(-n3c4ccccc4c4ccccc43)cc2)cc1. The van der Waals surface area contributed by atoms with Gasteiger partial charge in [0.1, 0.15) is 0 Å². The van der Waals surface area contributed by atoms with Crippen molar-refractivity contribution < 1.29 is 0 Å². The van der Waals surface area contributed by atoms with Crippen LogP contribution >= 0.6 is 0 Å². The monoisotopic (exact) mass is 1720 g/mol. The molecule has 1 heterocycles. The van der Waals surface area contributed by atoms with E-state index in [9.17, 15) is 0 Å². The molecule has 5 nitrogen and oxygen atoms in total. The molecule has 19 aromatic rings. The first-order valence-corrected chi connectivity index (χ1v) is 48.5. The van der Waals surface area contributed by atoms with Crippen LogP contribution in [0.4, 0.5) is 68.2 Å². The van der Waals surface area contributed by atoms with E-state index in [1.165, 1.54) is 188 Å². The molecular weight excluding hydrogens is 1610 g/mol. The Hall–Kier alpha value is -14.8. The van der Waals surface area contributed by atoms with Gasteiger partial charge in [0.25, 0.3) is 0 Å². The molecule has 8 aliphatic rings. The molecule has 0 aliphatic heterocycles. The summed E-state index contributed by atoms with van der Waals surface area (Å²) in [5.74, 6) is 5.60. The molecular formula is C128H109N5. The third kappa shape index (κ3) is 15.7. The van der Waals surface area contributed by atoms with E-state index in [1.54, 1.807) is 11.1 Å². The van der Waals surface area contributed by atoms with E-state index in [0.717, 1.165) is 98.1 Å².